The third-order valence-corrected chi connectivity index (χ3v) is 3.62. The number of rotatable bonds is 3. The van der Waals surface area contributed by atoms with Crippen LogP contribution in [0.2, 0.25) is 5.02 Å². The summed E-state index contributed by atoms with van der Waals surface area (Å²) in [7, 11) is 1.57. The van der Waals surface area contributed by atoms with Crippen molar-refractivity contribution in [2.45, 2.75) is 6.54 Å². The third-order valence-electron chi connectivity index (χ3n) is 2.65. The molecule has 1 aromatic carbocycles. The van der Waals surface area contributed by atoms with Gasteiger partial charge < -0.3 is 9.32 Å². The Bertz CT molecular complexity index is 594. The quantitative estimate of drug-likeness (QED) is 0.838. The van der Waals surface area contributed by atoms with E-state index in [4.69, 9.17) is 16.0 Å². The van der Waals surface area contributed by atoms with Gasteiger partial charge in [-0.15, -0.1) is 0 Å². The van der Waals surface area contributed by atoms with Crippen LogP contribution in [0.15, 0.2) is 39.6 Å². The second kappa shape index (κ2) is 5.75. The van der Waals surface area contributed by atoms with E-state index in [0.29, 0.717) is 20.8 Å². The van der Waals surface area contributed by atoms with Crippen LogP contribution >= 0.6 is 27.5 Å². The zero-order valence-corrected chi connectivity index (χ0v) is 12.3. The van der Waals surface area contributed by atoms with Crippen molar-refractivity contribution in [1.29, 1.82) is 0 Å². The van der Waals surface area contributed by atoms with Crippen molar-refractivity contribution < 1.29 is 13.6 Å². The smallest absolute Gasteiger partial charge is 0.258 e. The van der Waals surface area contributed by atoms with Gasteiger partial charge in [-0.1, -0.05) is 17.7 Å². The summed E-state index contributed by atoms with van der Waals surface area (Å²) < 4.78 is 19.0. The van der Waals surface area contributed by atoms with Crippen LogP contribution < -0.4 is 0 Å². The number of hydrogen-bond donors (Lipinski definition) is 0. The van der Waals surface area contributed by atoms with Gasteiger partial charge in [0.15, 0.2) is 4.67 Å². The molecule has 0 radical (unpaired) electrons. The minimum atomic E-state index is -0.432. The number of furan rings is 1. The topological polar surface area (TPSA) is 33.5 Å². The summed E-state index contributed by atoms with van der Waals surface area (Å²) in [6.07, 6.45) is 1.40. The first-order valence-corrected chi connectivity index (χ1v) is 6.59. The molecular weight excluding hydrogens is 337 g/mol. The molecular formula is C13H10BrClFNO2. The monoisotopic (exact) mass is 345 g/mol. The highest BCUT2D eigenvalue weighted by Crippen LogP contribution is 2.23. The van der Waals surface area contributed by atoms with Gasteiger partial charge in [-0.05, 0) is 34.1 Å². The lowest BCUT2D eigenvalue weighted by Gasteiger charge is -2.17. The van der Waals surface area contributed by atoms with Gasteiger partial charge in [-0.3, -0.25) is 4.79 Å². The Morgan fingerprint density at radius 2 is 2.21 bits per heavy atom. The molecule has 1 amide bonds. The van der Waals surface area contributed by atoms with Gasteiger partial charge in [0, 0.05) is 24.2 Å². The molecule has 0 atom stereocenters. The summed E-state index contributed by atoms with van der Waals surface area (Å²) in [5, 5.41) is 0.297. The maximum atomic E-state index is 13.6. The van der Waals surface area contributed by atoms with Gasteiger partial charge in [0.1, 0.15) is 5.82 Å². The summed E-state index contributed by atoms with van der Waals surface area (Å²) >= 11 is 9.06. The second-order valence-corrected chi connectivity index (χ2v) is 5.10. The highest BCUT2D eigenvalue weighted by Gasteiger charge is 2.19. The Balaban J connectivity index is 2.20. The van der Waals surface area contributed by atoms with Crippen LogP contribution in [0.25, 0.3) is 0 Å². The Labute approximate surface area is 123 Å². The molecule has 19 heavy (non-hydrogen) atoms. The van der Waals surface area contributed by atoms with E-state index in [1.807, 2.05) is 0 Å². The molecule has 0 N–H and O–H groups in total. The molecule has 1 heterocycles. The number of carbonyl (C=O) groups is 1. The summed E-state index contributed by atoms with van der Waals surface area (Å²) in [6, 6.07) is 5.97. The maximum absolute atomic E-state index is 13.6. The van der Waals surface area contributed by atoms with Crippen LogP contribution in [0.5, 0.6) is 0 Å². The number of carbonyl (C=O) groups excluding carboxylic acids is 1. The van der Waals surface area contributed by atoms with Crippen molar-refractivity contribution in [2.24, 2.45) is 0 Å². The van der Waals surface area contributed by atoms with Crippen LogP contribution in [0, 0.1) is 5.82 Å². The zero-order valence-electron chi connectivity index (χ0n) is 9.99. The van der Waals surface area contributed by atoms with Crippen LogP contribution in [0.3, 0.4) is 0 Å². The van der Waals surface area contributed by atoms with Crippen LogP contribution in [0.1, 0.15) is 15.9 Å². The predicted octanol–water partition coefficient (Wildman–Crippen LogP) is 4.11. The molecule has 0 spiro atoms. The first kappa shape index (κ1) is 14.1. The van der Waals surface area contributed by atoms with Crippen LogP contribution in [0.4, 0.5) is 4.39 Å². The molecule has 3 nitrogen and oxygen atoms in total. The van der Waals surface area contributed by atoms with Crippen molar-refractivity contribution in [1.82, 2.24) is 4.90 Å². The molecule has 0 saturated heterocycles. The Kier molecular flexibility index (Phi) is 4.27. The Morgan fingerprint density at radius 3 is 2.79 bits per heavy atom. The molecule has 0 aliphatic heterocycles. The van der Waals surface area contributed by atoms with Gasteiger partial charge in [0.05, 0.1) is 11.8 Å². The maximum Gasteiger partial charge on any atom is 0.258 e. The van der Waals surface area contributed by atoms with E-state index in [0.717, 1.165) is 0 Å². The minimum absolute atomic E-state index is 0.0853. The van der Waals surface area contributed by atoms with Crippen LogP contribution in [-0.2, 0) is 6.54 Å². The lowest BCUT2D eigenvalue weighted by molar-refractivity contribution is 0.0782. The van der Waals surface area contributed by atoms with E-state index in [1.54, 1.807) is 19.2 Å². The van der Waals surface area contributed by atoms with E-state index in [2.05, 4.69) is 15.9 Å². The highest BCUT2D eigenvalue weighted by molar-refractivity contribution is 9.10. The predicted molar refractivity (Wildman–Crippen MR) is 73.6 cm³/mol. The highest BCUT2D eigenvalue weighted by atomic mass is 79.9. The lowest BCUT2D eigenvalue weighted by Crippen LogP contribution is -2.26. The molecule has 2 aromatic rings. The zero-order chi connectivity index (χ0) is 14.0. The standard InChI is InChI=1S/C13H10BrClFNO2/c1-17(13(18)8-5-6-19-12(8)14)7-9-10(15)3-2-4-11(9)16/h2-6H,7H2,1H3. The van der Waals surface area contributed by atoms with Crippen molar-refractivity contribution in [3.63, 3.8) is 0 Å². The van der Waals surface area contributed by atoms with Gasteiger partial charge >= 0.3 is 0 Å². The molecule has 0 aliphatic carbocycles. The van der Waals surface area contributed by atoms with E-state index >= 15 is 0 Å². The van der Waals surface area contributed by atoms with Crippen molar-refractivity contribution in [3.8, 4) is 0 Å². The number of halogens is 3. The third kappa shape index (κ3) is 2.98. The molecule has 6 heteroatoms. The molecule has 0 aliphatic rings. The fraction of sp³-hybridized carbons (Fsp3) is 0.154. The lowest BCUT2D eigenvalue weighted by atomic mass is 10.2. The molecule has 1 aromatic heterocycles. The molecule has 0 bridgehead atoms. The van der Waals surface area contributed by atoms with Crippen molar-refractivity contribution >= 4 is 33.4 Å². The van der Waals surface area contributed by atoms with E-state index in [1.165, 1.54) is 23.3 Å². The molecule has 2 rings (SSSR count). The Hall–Kier alpha value is -1.33. The summed E-state index contributed by atoms with van der Waals surface area (Å²) in [5.74, 6) is -0.710. The second-order valence-electron chi connectivity index (χ2n) is 3.97. The number of amides is 1. The fourth-order valence-electron chi connectivity index (χ4n) is 1.64. The van der Waals surface area contributed by atoms with E-state index in [-0.39, 0.29) is 12.5 Å². The molecule has 0 unspecified atom stereocenters. The number of benzene rings is 1. The van der Waals surface area contributed by atoms with Gasteiger partial charge in [0.2, 0.25) is 0 Å². The average Bonchev–Trinajstić information content (AvgIpc) is 2.79. The van der Waals surface area contributed by atoms with E-state index < -0.39 is 5.82 Å². The molecule has 0 fully saturated rings. The van der Waals surface area contributed by atoms with E-state index in [9.17, 15) is 9.18 Å². The molecule has 100 valence electrons. The number of nitrogens with zero attached hydrogens (tertiary/aromatic N) is 1. The van der Waals surface area contributed by atoms with Gasteiger partial charge in [-0.25, -0.2) is 4.39 Å². The average molecular weight is 347 g/mol. The number of hydrogen-bond acceptors (Lipinski definition) is 2. The van der Waals surface area contributed by atoms with Crippen molar-refractivity contribution in [3.05, 3.63) is 57.2 Å². The largest absolute Gasteiger partial charge is 0.457 e. The summed E-state index contributed by atoms with van der Waals surface area (Å²) in [6.45, 7) is 0.0853. The first-order valence-electron chi connectivity index (χ1n) is 5.42. The van der Waals surface area contributed by atoms with Gasteiger partial charge in [-0.2, -0.15) is 0 Å². The summed E-state index contributed by atoms with van der Waals surface area (Å²) in [4.78, 5) is 13.5. The first-order chi connectivity index (χ1) is 9.00. The molecule has 0 saturated carbocycles. The van der Waals surface area contributed by atoms with Gasteiger partial charge in [0.25, 0.3) is 5.91 Å². The minimum Gasteiger partial charge on any atom is -0.457 e. The Morgan fingerprint density at radius 1 is 1.47 bits per heavy atom. The normalized spacial score (nSPS) is 10.5. The SMILES string of the molecule is CN(Cc1c(F)cccc1Cl)C(=O)c1ccoc1Br. The summed E-state index contributed by atoms with van der Waals surface area (Å²) in [5.41, 5.74) is 0.676. The van der Waals surface area contributed by atoms with Crippen LogP contribution in [-0.4, -0.2) is 17.9 Å². The fourth-order valence-corrected chi connectivity index (χ4v) is 2.28. The van der Waals surface area contributed by atoms with Crippen molar-refractivity contribution in [2.75, 3.05) is 7.05 Å².